The second kappa shape index (κ2) is 5.07. The van der Waals surface area contributed by atoms with E-state index >= 15 is 0 Å². The number of amides is 2. The van der Waals surface area contributed by atoms with E-state index in [2.05, 4.69) is 0 Å². The molecule has 6 nitrogen and oxygen atoms in total. The Bertz CT molecular complexity index is 396. The largest absolute Gasteiger partial charge is 0.442 e. The first-order chi connectivity index (χ1) is 9.48. The molecule has 1 aliphatic carbocycles. The maximum absolute atomic E-state index is 12.4. The smallest absolute Gasteiger partial charge is 0.429 e. The summed E-state index contributed by atoms with van der Waals surface area (Å²) in [6.07, 6.45) is 1.67. The second-order valence-electron chi connectivity index (χ2n) is 7.77. The molecule has 0 N–H and O–H groups in total. The van der Waals surface area contributed by atoms with Gasteiger partial charge in [0.15, 0.2) is 0 Å². The van der Waals surface area contributed by atoms with Crippen molar-refractivity contribution in [3.63, 3.8) is 0 Å². The molecule has 6 heteroatoms. The summed E-state index contributed by atoms with van der Waals surface area (Å²) < 4.78 is 10.8. The van der Waals surface area contributed by atoms with Gasteiger partial charge in [-0.15, -0.1) is 0 Å². The molecule has 21 heavy (non-hydrogen) atoms. The maximum atomic E-state index is 12.4. The summed E-state index contributed by atoms with van der Waals surface area (Å²) in [5.74, 6) is 0. The van der Waals surface area contributed by atoms with Gasteiger partial charge in [-0.1, -0.05) is 0 Å². The highest BCUT2D eigenvalue weighted by molar-refractivity contribution is 5.76. The van der Waals surface area contributed by atoms with Gasteiger partial charge < -0.3 is 9.47 Å². The van der Waals surface area contributed by atoms with Crippen LogP contribution in [-0.2, 0) is 9.47 Å². The Kier molecular flexibility index (Phi) is 3.84. The predicted octanol–water partition coefficient (Wildman–Crippen LogP) is 3.31. The Morgan fingerprint density at radius 3 is 1.43 bits per heavy atom. The molecule has 1 heterocycles. The first kappa shape index (κ1) is 15.9. The molecule has 0 aromatic rings. The molecular weight excluding hydrogens is 272 g/mol. The molecule has 2 fully saturated rings. The van der Waals surface area contributed by atoms with Crippen LogP contribution >= 0.6 is 0 Å². The van der Waals surface area contributed by atoms with E-state index in [0.717, 1.165) is 19.3 Å². The SMILES string of the molecule is CC(C)(C)OC(=O)N1[C@@H]2CC[C@@H](C2)N1C(=O)OC(C)(C)C. The molecule has 1 saturated carbocycles. The van der Waals surface area contributed by atoms with Crippen LogP contribution in [-0.4, -0.2) is 45.5 Å². The van der Waals surface area contributed by atoms with E-state index in [-0.39, 0.29) is 12.1 Å². The number of hydrazine groups is 1. The van der Waals surface area contributed by atoms with E-state index in [4.69, 9.17) is 9.47 Å². The van der Waals surface area contributed by atoms with Gasteiger partial charge >= 0.3 is 12.2 Å². The number of carbonyl (C=O) groups is 2. The van der Waals surface area contributed by atoms with Crippen molar-refractivity contribution in [2.45, 2.75) is 84.1 Å². The molecule has 1 saturated heterocycles. The van der Waals surface area contributed by atoms with Gasteiger partial charge in [0.25, 0.3) is 0 Å². The molecule has 0 radical (unpaired) electrons. The minimum Gasteiger partial charge on any atom is -0.442 e. The van der Waals surface area contributed by atoms with Crippen molar-refractivity contribution in [3.05, 3.63) is 0 Å². The van der Waals surface area contributed by atoms with Crippen LogP contribution in [0, 0.1) is 0 Å². The highest BCUT2D eigenvalue weighted by Gasteiger charge is 2.51. The molecule has 2 rings (SSSR count). The van der Waals surface area contributed by atoms with Crippen molar-refractivity contribution in [2.75, 3.05) is 0 Å². The third-order valence-electron chi connectivity index (χ3n) is 3.46. The van der Waals surface area contributed by atoms with Gasteiger partial charge in [-0.05, 0) is 60.8 Å². The second-order valence-corrected chi connectivity index (χ2v) is 7.77. The molecule has 2 amide bonds. The Hall–Kier alpha value is -1.46. The normalized spacial score (nSPS) is 25.2. The Morgan fingerprint density at radius 1 is 0.810 bits per heavy atom. The molecule has 0 aromatic heterocycles. The Labute approximate surface area is 126 Å². The fourth-order valence-electron chi connectivity index (χ4n) is 2.82. The molecule has 2 aliphatic rings. The van der Waals surface area contributed by atoms with Crippen molar-refractivity contribution in [2.24, 2.45) is 0 Å². The highest BCUT2D eigenvalue weighted by atomic mass is 16.6. The lowest BCUT2D eigenvalue weighted by atomic mass is 10.2. The topological polar surface area (TPSA) is 59.1 Å². The third kappa shape index (κ3) is 3.60. The number of hydrogen-bond donors (Lipinski definition) is 0. The molecule has 1 aliphatic heterocycles. The first-order valence-electron chi connectivity index (χ1n) is 7.52. The van der Waals surface area contributed by atoms with Crippen LogP contribution in [0.4, 0.5) is 9.59 Å². The van der Waals surface area contributed by atoms with Gasteiger partial charge in [-0.2, -0.15) is 0 Å². The van der Waals surface area contributed by atoms with Crippen molar-refractivity contribution in [3.8, 4) is 0 Å². The summed E-state index contributed by atoms with van der Waals surface area (Å²) in [5, 5.41) is 2.90. The van der Waals surface area contributed by atoms with E-state index < -0.39 is 23.4 Å². The lowest BCUT2D eigenvalue weighted by Gasteiger charge is -2.38. The average molecular weight is 298 g/mol. The van der Waals surface area contributed by atoms with Gasteiger partial charge in [-0.25, -0.2) is 19.6 Å². The third-order valence-corrected chi connectivity index (χ3v) is 3.46. The molecule has 120 valence electrons. The van der Waals surface area contributed by atoms with Crippen molar-refractivity contribution in [1.29, 1.82) is 0 Å². The van der Waals surface area contributed by atoms with Crippen LogP contribution in [0.2, 0.25) is 0 Å². The fraction of sp³-hybridized carbons (Fsp3) is 0.867. The number of carbonyl (C=O) groups excluding carboxylic acids is 2. The summed E-state index contributed by atoms with van der Waals surface area (Å²) in [6, 6.07) is 0.0785. The summed E-state index contributed by atoms with van der Waals surface area (Å²) in [7, 11) is 0. The number of nitrogens with zero attached hydrogens (tertiary/aromatic N) is 2. The number of ether oxygens (including phenoxy) is 2. The summed E-state index contributed by atoms with van der Waals surface area (Å²) >= 11 is 0. The monoisotopic (exact) mass is 298 g/mol. The quantitative estimate of drug-likeness (QED) is 0.688. The summed E-state index contributed by atoms with van der Waals surface area (Å²) in [6.45, 7) is 10.9. The number of rotatable bonds is 0. The zero-order valence-corrected chi connectivity index (χ0v) is 13.8. The lowest BCUT2D eigenvalue weighted by molar-refractivity contribution is -0.0750. The molecule has 0 spiro atoms. The molecule has 2 bridgehead atoms. The molecule has 0 unspecified atom stereocenters. The Balaban J connectivity index is 2.14. The van der Waals surface area contributed by atoms with Crippen LogP contribution < -0.4 is 0 Å². The van der Waals surface area contributed by atoms with E-state index in [1.165, 1.54) is 10.0 Å². The van der Waals surface area contributed by atoms with Crippen LogP contribution in [0.15, 0.2) is 0 Å². The van der Waals surface area contributed by atoms with Crippen molar-refractivity contribution >= 4 is 12.2 Å². The van der Waals surface area contributed by atoms with Gasteiger partial charge in [0.1, 0.15) is 11.2 Å². The maximum Gasteiger partial charge on any atom is 0.429 e. The lowest BCUT2D eigenvalue weighted by Crippen LogP contribution is -2.55. The highest BCUT2D eigenvalue weighted by Crippen LogP contribution is 2.39. The average Bonchev–Trinajstić information content (AvgIpc) is 2.82. The zero-order chi connectivity index (χ0) is 16.0. The zero-order valence-electron chi connectivity index (χ0n) is 13.8. The summed E-state index contributed by atoms with van der Waals surface area (Å²) in [5.41, 5.74) is -1.17. The standard InChI is InChI=1S/C15H26N2O4/c1-14(2,3)20-12(18)16-10-7-8-11(9-10)17(16)13(19)21-15(4,5)6/h10-11H,7-9H2,1-6H3/t10-,11+. The van der Waals surface area contributed by atoms with Crippen LogP contribution in [0.25, 0.3) is 0 Å². The van der Waals surface area contributed by atoms with Gasteiger partial charge in [0.05, 0.1) is 12.1 Å². The predicted molar refractivity (Wildman–Crippen MR) is 77.6 cm³/mol. The van der Waals surface area contributed by atoms with E-state index in [0.29, 0.717) is 0 Å². The Morgan fingerprint density at radius 2 is 1.14 bits per heavy atom. The van der Waals surface area contributed by atoms with Gasteiger partial charge in [0.2, 0.25) is 0 Å². The van der Waals surface area contributed by atoms with Crippen LogP contribution in [0.1, 0.15) is 60.8 Å². The minimum atomic E-state index is -0.585. The van der Waals surface area contributed by atoms with E-state index in [1.54, 1.807) is 0 Å². The van der Waals surface area contributed by atoms with Gasteiger partial charge in [-0.3, -0.25) is 0 Å². The number of hydrogen-bond acceptors (Lipinski definition) is 4. The molecule has 2 atom stereocenters. The minimum absolute atomic E-state index is 0.0392. The first-order valence-corrected chi connectivity index (χ1v) is 7.52. The van der Waals surface area contributed by atoms with Crippen LogP contribution in [0.3, 0.4) is 0 Å². The fourth-order valence-corrected chi connectivity index (χ4v) is 2.82. The molecule has 0 aromatic carbocycles. The van der Waals surface area contributed by atoms with E-state index in [1.807, 2.05) is 41.5 Å². The molecular formula is C15H26N2O4. The van der Waals surface area contributed by atoms with Crippen LogP contribution in [0.5, 0.6) is 0 Å². The summed E-state index contributed by atoms with van der Waals surface area (Å²) in [4.78, 5) is 24.8. The number of fused-ring (bicyclic) bond motifs is 2. The van der Waals surface area contributed by atoms with Gasteiger partial charge in [0, 0.05) is 0 Å². The van der Waals surface area contributed by atoms with Crippen molar-refractivity contribution < 1.29 is 19.1 Å². The van der Waals surface area contributed by atoms with E-state index in [9.17, 15) is 9.59 Å². The van der Waals surface area contributed by atoms with Crippen molar-refractivity contribution in [1.82, 2.24) is 10.0 Å².